The summed E-state index contributed by atoms with van der Waals surface area (Å²) >= 11 is 0. The first kappa shape index (κ1) is 16.7. The van der Waals surface area contributed by atoms with E-state index in [1.54, 1.807) is 18.2 Å². The Morgan fingerprint density at radius 3 is 2.59 bits per heavy atom. The highest BCUT2D eigenvalue weighted by molar-refractivity contribution is 6.04. The number of aromatic nitrogens is 5. The first-order valence-electron chi connectivity index (χ1n) is 7.49. The number of nitrogens with zero attached hydrogens (tertiary/aromatic N) is 4. The molecular formula is C16H9F3N6O2. The van der Waals surface area contributed by atoms with Gasteiger partial charge in [-0.1, -0.05) is 6.07 Å². The molecule has 0 fully saturated rings. The maximum atomic E-state index is 12.5. The van der Waals surface area contributed by atoms with Crippen LogP contribution in [0.1, 0.15) is 16.2 Å². The van der Waals surface area contributed by atoms with Crippen molar-refractivity contribution in [1.82, 2.24) is 25.1 Å². The normalized spacial score (nSPS) is 11.8. The van der Waals surface area contributed by atoms with Crippen molar-refractivity contribution in [1.29, 1.82) is 0 Å². The summed E-state index contributed by atoms with van der Waals surface area (Å²) in [4.78, 5) is 23.0. The summed E-state index contributed by atoms with van der Waals surface area (Å²) in [6.45, 7) is 0. The van der Waals surface area contributed by atoms with Crippen LogP contribution in [0.4, 0.5) is 13.2 Å². The Kier molecular flexibility index (Phi) is 3.65. The zero-order chi connectivity index (χ0) is 19.2. The molecule has 27 heavy (non-hydrogen) atoms. The van der Waals surface area contributed by atoms with Gasteiger partial charge in [0.05, 0.1) is 16.6 Å². The van der Waals surface area contributed by atoms with Crippen LogP contribution in [-0.4, -0.2) is 31.1 Å². The fraction of sp³-hybridized carbons (Fsp3) is 0.0625. The monoisotopic (exact) mass is 374 g/mol. The number of imidazole rings is 1. The molecule has 11 heteroatoms. The summed E-state index contributed by atoms with van der Waals surface area (Å²) in [5, 5.41) is 6.34. The van der Waals surface area contributed by atoms with Gasteiger partial charge in [0.15, 0.2) is 5.82 Å². The number of amides is 1. The number of rotatable bonds is 3. The van der Waals surface area contributed by atoms with Gasteiger partial charge >= 0.3 is 12.1 Å². The number of fused-ring (bicyclic) bond motifs is 1. The Morgan fingerprint density at radius 1 is 1.15 bits per heavy atom. The van der Waals surface area contributed by atoms with Crippen LogP contribution in [0.25, 0.3) is 34.0 Å². The van der Waals surface area contributed by atoms with Gasteiger partial charge < -0.3 is 15.1 Å². The van der Waals surface area contributed by atoms with E-state index in [4.69, 9.17) is 5.73 Å². The third kappa shape index (κ3) is 2.99. The molecule has 0 radical (unpaired) electrons. The predicted octanol–water partition coefficient (Wildman–Crippen LogP) is 2.79. The lowest BCUT2D eigenvalue weighted by atomic mass is 10.2. The van der Waals surface area contributed by atoms with Gasteiger partial charge in [0, 0.05) is 6.20 Å². The number of benzene rings is 1. The number of carbonyl (C=O) groups excluding carboxylic acids is 1. The largest absolute Gasteiger partial charge is 0.470 e. The standard InChI is InChI=1S/C16H9F3N6O2/c17-16(18,19)15-25-24-14(27-15)7-4-5-10(21-6-7)13-22-9-3-1-2-8(12(20)26)11(9)23-13/h1-6H,(H2,20,26)(H,22,23). The van der Waals surface area contributed by atoms with Gasteiger partial charge in [-0.2, -0.15) is 13.2 Å². The third-order valence-electron chi connectivity index (χ3n) is 3.70. The fourth-order valence-corrected chi connectivity index (χ4v) is 2.47. The highest BCUT2D eigenvalue weighted by atomic mass is 19.4. The van der Waals surface area contributed by atoms with Crippen molar-refractivity contribution in [3.8, 4) is 23.0 Å². The topological polar surface area (TPSA) is 124 Å². The van der Waals surface area contributed by atoms with E-state index < -0.39 is 18.0 Å². The number of pyridine rings is 1. The van der Waals surface area contributed by atoms with E-state index in [2.05, 4.69) is 29.6 Å². The molecule has 0 aliphatic carbocycles. The Bertz CT molecular complexity index is 1150. The van der Waals surface area contributed by atoms with Gasteiger partial charge in [-0.25, -0.2) is 4.98 Å². The second-order valence-corrected chi connectivity index (χ2v) is 5.49. The molecule has 0 spiro atoms. The van der Waals surface area contributed by atoms with Gasteiger partial charge in [0.25, 0.3) is 5.91 Å². The van der Waals surface area contributed by atoms with Crippen molar-refractivity contribution in [2.75, 3.05) is 0 Å². The SMILES string of the molecule is NC(=O)c1cccc2[nH]c(-c3ccc(-c4nnc(C(F)(F)F)o4)cn3)nc12. The minimum atomic E-state index is -4.72. The number of alkyl halides is 3. The highest BCUT2D eigenvalue weighted by Crippen LogP contribution is 2.30. The highest BCUT2D eigenvalue weighted by Gasteiger charge is 2.38. The van der Waals surface area contributed by atoms with E-state index in [1.807, 2.05) is 0 Å². The minimum absolute atomic E-state index is 0.218. The molecule has 3 aromatic heterocycles. The van der Waals surface area contributed by atoms with Crippen molar-refractivity contribution >= 4 is 16.9 Å². The Morgan fingerprint density at radius 2 is 1.96 bits per heavy atom. The molecule has 4 rings (SSSR count). The number of para-hydroxylation sites is 1. The average Bonchev–Trinajstić information content (AvgIpc) is 3.28. The zero-order valence-corrected chi connectivity index (χ0v) is 13.3. The van der Waals surface area contributed by atoms with Crippen LogP contribution in [-0.2, 0) is 6.18 Å². The van der Waals surface area contributed by atoms with Gasteiger partial charge in [0.2, 0.25) is 5.89 Å². The average molecular weight is 374 g/mol. The molecule has 0 saturated carbocycles. The van der Waals surface area contributed by atoms with E-state index in [0.717, 1.165) is 0 Å². The molecule has 0 unspecified atom stereocenters. The molecule has 0 aliphatic rings. The quantitative estimate of drug-likeness (QED) is 0.568. The number of nitrogens with two attached hydrogens (primary N) is 1. The number of nitrogens with one attached hydrogen (secondary N) is 1. The van der Waals surface area contributed by atoms with Gasteiger partial charge in [-0.15, -0.1) is 10.2 Å². The van der Waals surface area contributed by atoms with Crippen molar-refractivity contribution in [2.45, 2.75) is 6.18 Å². The van der Waals surface area contributed by atoms with Crippen LogP contribution in [0.5, 0.6) is 0 Å². The van der Waals surface area contributed by atoms with Crippen LogP contribution in [0.2, 0.25) is 0 Å². The van der Waals surface area contributed by atoms with Crippen LogP contribution < -0.4 is 5.73 Å². The van der Waals surface area contributed by atoms with E-state index in [1.165, 1.54) is 18.3 Å². The molecular weight excluding hydrogens is 365 g/mol. The number of primary amides is 1. The first-order chi connectivity index (χ1) is 12.8. The Balaban J connectivity index is 1.68. The summed E-state index contributed by atoms with van der Waals surface area (Å²) in [6, 6.07) is 7.94. The maximum Gasteiger partial charge on any atom is 0.470 e. The lowest BCUT2D eigenvalue weighted by Gasteiger charge is -1.99. The van der Waals surface area contributed by atoms with E-state index in [0.29, 0.717) is 22.6 Å². The molecule has 0 atom stereocenters. The number of H-pyrrole nitrogens is 1. The van der Waals surface area contributed by atoms with Gasteiger partial charge in [-0.05, 0) is 24.3 Å². The third-order valence-corrected chi connectivity index (χ3v) is 3.70. The molecule has 3 heterocycles. The smallest absolute Gasteiger partial charge is 0.413 e. The van der Waals surface area contributed by atoms with Crippen LogP contribution in [0.15, 0.2) is 40.9 Å². The van der Waals surface area contributed by atoms with E-state index in [9.17, 15) is 18.0 Å². The number of hydrogen-bond acceptors (Lipinski definition) is 6. The molecule has 136 valence electrons. The van der Waals surface area contributed by atoms with Crippen molar-refractivity contribution in [3.63, 3.8) is 0 Å². The molecule has 1 aromatic carbocycles. The molecule has 8 nitrogen and oxygen atoms in total. The summed E-state index contributed by atoms with van der Waals surface area (Å²) < 4.78 is 42.2. The lowest BCUT2D eigenvalue weighted by Crippen LogP contribution is -2.11. The first-order valence-corrected chi connectivity index (χ1v) is 7.49. The fourth-order valence-electron chi connectivity index (χ4n) is 2.47. The van der Waals surface area contributed by atoms with Crippen LogP contribution in [0.3, 0.4) is 0 Å². The lowest BCUT2D eigenvalue weighted by molar-refractivity contribution is -0.156. The predicted molar refractivity (Wildman–Crippen MR) is 86.1 cm³/mol. The minimum Gasteiger partial charge on any atom is -0.413 e. The summed E-state index contributed by atoms with van der Waals surface area (Å²) in [6.07, 6.45) is -3.43. The number of halogens is 3. The van der Waals surface area contributed by atoms with E-state index in [-0.39, 0.29) is 17.0 Å². The van der Waals surface area contributed by atoms with Crippen molar-refractivity contribution in [3.05, 3.63) is 48.0 Å². The van der Waals surface area contributed by atoms with Gasteiger partial charge in [0.1, 0.15) is 11.2 Å². The molecule has 0 bridgehead atoms. The van der Waals surface area contributed by atoms with Gasteiger partial charge in [-0.3, -0.25) is 9.78 Å². The molecule has 0 saturated heterocycles. The molecule has 0 aliphatic heterocycles. The molecule has 3 N–H and O–H groups in total. The number of aromatic amines is 1. The van der Waals surface area contributed by atoms with Crippen molar-refractivity contribution < 1.29 is 22.4 Å². The number of carbonyl (C=O) groups is 1. The molecule has 4 aromatic rings. The van der Waals surface area contributed by atoms with Crippen LogP contribution in [0, 0.1) is 0 Å². The summed E-state index contributed by atoms with van der Waals surface area (Å²) in [5.41, 5.74) is 7.21. The second kappa shape index (κ2) is 5.90. The van der Waals surface area contributed by atoms with Crippen molar-refractivity contribution in [2.24, 2.45) is 5.73 Å². The molecule has 1 amide bonds. The summed E-state index contributed by atoms with van der Waals surface area (Å²) in [5.74, 6) is -1.98. The van der Waals surface area contributed by atoms with Crippen LogP contribution >= 0.6 is 0 Å². The Labute approximate surface area is 148 Å². The zero-order valence-electron chi connectivity index (χ0n) is 13.3. The maximum absolute atomic E-state index is 12.5. The second-order valence-electron chi connectivity index (χ2n) is 5.49. The van der Waals surface area contributed by atoms with E-state index >= 15 is 0 Å². The number of hydrogen-bond donors (Lipinski definition) is 2. The summed E-state index contributed by atoms with van der Waals surface area (Å²) in [7, 11) is 0. The Hall–Kier alpha value is -3.76.